The Labute approximate surface area is 179 Å². The number of methoxy groups -OCH3 is 1. The zero-order valence-corrected chi connectivity index (χ0v) is 17.4. The van der Waals surface area contributed by atoms with Crippen LogP contribution in [-0.2, 0) is 32.2 Å². The zero-order chi connectivity index (χ0) is 20.8. The summed E-state index contributed by atoms with van der Waals surface area (Å²) in [6, 6.07) is 14.6. The molecule has 2 aromatic rings. The average molecular weight is 443 g/mol. The molecule has 2 aromatic carbocycles. The van der Waals surface area contributed by atoms with Gasteiger partial charge in [0, 0.05) is 17.2 Å². The van der Waals surface area contributed by atoms with Crippen molar-refractivity contribution in [2.24, 2.45) is 0 Å². The van der Waals surface area contributed by atoms with Crippen LogP contribution in [0.5, 0.6) is 0 Å². The molecule has 0 saturated carbocycles. The molecule has 0 bridgehead atoms. The summed E-state index contributed by atoms with van der Waals surface area (Å²) in [5.41, 5.74) is 1.88. The first-order chi connectivity index (χ1) is 14.0. The predicted molar refractivity (Wildman–Crippen MR) is 109 cm³/mol. The fraction of sp³-hybridized carbons (Fsp3) is 0.429. The molecular formula is C21H24Cl2O6. The molecule has 0 aliphatic carbocycles. The SMILES string of the molecule is CO[C@H]1[C@@H]([C@@H](COCc2ccc(Cl)cc2)OCc2ccc(Cl)cc2)OC(O)[C@@H]1O. The monoisotopic (exact) mass is 442 g/mol. The highest BCUT2D eigenvalue weighted by Crippen LogP contribution is 2.27. The van der Waals surface area contributed by atoms with Crippen LogP contribution in [0, 0.1) is 0 Å². The third kappa shape index (κ3) is 6.13. The topological polar surface area (TPSA) is 77.4 Å². The van der Waals surface area contributed by atoms with Crippen molar-refractivity contribution in [1.82, 2.24) is 0 Å². The molecule has 2 N–H and O–H groups in total. The van der Waals surface area contributed by atoms with Crippen LogP contribution in [0.15, 0.2) is 48.5 Å². The molecule has 1 fully saturated rings. The van der Waals surface area contributed by atoms with Gasteiger partial charge in [-0.1, -0.05) is 47.5 Å². The minimum Gasteiger partial charge on any atom is -0.385 e. The normalized spacial score (nSPS) is 25.3. The van der Waals surface area contributed by atoms with E-state index in [0.29, 0.717) is 16.7 Å². The average Bonchev–Trinajstić information content (AvgIpc) is 3.01. The Kier molecular flexibility index (Phi) is 8.29. The molecule has 29 heavy (non-hydrogen) atoms. The lowest BCUT2D eigenvalue weighted by atomic mass is 10.1. The first kappa shape index (κ1) is 22.5. The summed E-state index contributed by atoms with van der Waals surface area (Å²) in [5, 5.41) is 21.3. The minimum atomic E-state index is -1.34. The lowest BCUT2D eigenvalue weighted by molar-refractivity contribution is -0.168. The standard InChI is InChI=1S/C21H24Cl2O6/c1-26-20-18(24)21(25)29-19(20)17(28-11-14-4-8-16(23)9-5-14)12-27-10-13-2-6-15(22)7-3-13/h2-9,17-21,24-25H,10-12H2,1H3/t17-,18-,19-,20-,21?/m1/s1. The molecule has 6 nitrogen and oxygen atoms in total. The summed E-state index contributed by atoms with van der Waals surface area (Å²) < 4.78 is 22.7. The van der Waals surface area contributed by atoms with E-state index < -0.39 is 30.7 Å². The largest absolute Gasteiger partial charge is 0.385 e. The molecule has 0 spiro atoms. The molecule has 8 heteroatoms. The van der Waals surface area contributed by atoms with E-state index in [0.717, 1.165) is 11.1 Å². The van der Waals surface area contributed by atoms with Gasteiger partial charge in [-0.3, -0.25) is 0 Å². The van der Waals surface area contributed by atoms with Gasteiger partial charge >= 0.3 is 0 Å². The minimum absolute atomic E-state index is 0.181. The highest BCUT2D eigenvalue weighted by Gasteiger charge is 2.47. The number of ether oxygens (including phenoxy) is 4. The van der Waals surface area contributed by atoms with E-state index in [1.54, 1.807) is 24.3 Å². The number of aliphatic hydroxyl groups is 2. The van der Waals surface area contributed by atoms with Gasteiger partial charge < -0.3 is 29.2 Å². The highest BCUT2D eigenvalue weighted by molar-refractivity contribution is 6.30. The van der Waals surface area contributed by atoms with Crippen LogP contribution in [-0.4, -0.2) is 54.6 Å². The second-order valence-electron chi connectivity index (χ2n) is 6.80. The maximum Gasteiger partial charge on any atom is 0.184 e. The van der Waals surface area contributed by atoms with E-state index in [4.69, 9.17) is 42.1 Å². The molecule has 1 unspecified atom stereocenters. The smallest absolute Gasteiger partial charge is 0.184 e. The third-order valence-electron chi connectivity index (χ3n) is 4.73. The van der Waals surface area contributed by atoms with E-state index in [1.807, 2.05) is 24.3 Å². The number of hydrogen-bond donors (Lipinski definition) is 2. The Morgan fingerprint density at radius 1 is 0.931 bits per heavy atom. The second-order valence-corrected chi connectivity index (χ2v) is 7.67. The number of aliphatic hydroxyl groups excluding tert-OH is 2. The van der Waals surface area contributed by atoms with Crippen molar-refractivity contribution in [1.29, 1.82) is 0 Å². The highest BCUT2D eigenvalue weighted by atomic mass is 35.5. The van der Waals surface area contributed by atoms with Gasteiger partial charge in [0.15, 0.2) is 6.29 Å². The van der Waals surface area contributed by atoms with Gasteiger partial charge in [0.25, 0.3) is 0 Å². The predicted octanol–water partition coefficient (Wildman–Crippen LogP) is 3.19. The maximum absolute atomic E-state index is 10.1. The van der Waals surface area contributed by atoms with Crippen molar-refractivity contribution in [2.45, 2.75) is 43.9 Å². The van der Waals surface area contributed by atoms with E-state index in [9.17, 15) is 10.2 Å². The maximum atomic E-state index is 10.1. The van der Waals surface area contributed by atoms with Crippen molar-refractivity contribution >= 4 is 23.2 Å². The van der Waals surface area contributed by atoms with Gasteiger partial charge in [-0.25, -0.2) is 0 Å². The fourth-order valence-electron chi connectivity index (χ4n) is 3.14. The second kappa shape index (κ2) is 10.7. The first-order valence-corrected chi connectivity index (χ1v) is 9.96. The summed E-state index contributed by atoms with van der Waals surface area (Å²) in [4.78, 5) is 0. The van der Waals surface area contributed by atoms with Crippen LogP contribution >= 0.6 is 23.2 Å². The van der Waals surface area contributed by atoms with Gasteiger partial charge in [-0.15, -0.1) is 0 Å². The van der Waals surface area contributed by atoms with Crippen LogP contribution < -0.4 is 0 Å². The number of halogens is 2. The van der Waals surface area contributed by atoms with E-state index in [2.05, 4.69) is 0 Å². The van der Waals surface area contributed by atoms with Crippen LogP contribution in [0.25, 0.3) is 0 Å². The molecule has 3 rings (SSSR count). The summed E-state index contributed by atoms with van der Waals surface area (Å²) >= 11 is 11.8. The molecule has 1 saturated heterocycles. The molecular weight excluding hydrogens is 419 g/mol. The van der Waals surface area contributed by atoms with E-state index >= 15 is 0 Å². The number of hydrogen-bond acceptors (Lipinski definition) is 6. The quantitative estimate of drug-likeness (QED) is 0.620. The molecule has 0 radical (unpaired) electrons. The van der Waals surface area contributed by atoms with Crippen molar-refractivity contribution in [2.75, 3.05) is 13.7 Å². The fourth-order valence-corrected chi connectivity index (χ4v) is 3.40. The molecule has 158 valence electrons. The Balaban J connectivity index is 1.64. The Hall–Kier alpha value is -1.22. The lowest BCUT2D eigenvalue weighted by Crippen LogP contribution is -2.43. The molecule has 1 aliphatic rings. The van der Waals surface area contributed by atoms with E-state index in [-0.39, 0.29) is 13.2 Å². The van der Waals surface area contributed by atoms with Crippen LogP contribution in [0.1, 0.15) is 11.1 Å². The van der Waals surface area contributed by atoms with Crippen molar-refractivity contribution in [3.63, 3.8) is 0 Å². The van der Waals surface area contributed by atoms with Crippen molar-refractivity contribution < 1.29 is 29.2 Å². The summed E-state index contributed by atoms with van der Waals surface area (Å²) in [6.07, 6.45) is -4.51. The van der Waals surface area contributed by atoms with E-state index in [1.165, 1.54) is 7.11 Å². The summed E-state index contributed by atoms with van der Waals surface area (Å²) in [7, 11) is 1.45. The van der Waals surface area contributed by atoms with Crippen LogP contribution in [0.3, 0.4) is 0 Å². The molecule has 1 heterocycles. The number of benzene rings is 2. The van der Waals surface area contributed by atoms with Gasteiger partial charge in [0.05, 0.1) is 19.8 Å². The summed E-state index contributed by atoms with van der Waals surface area (Å²) in [6.45, 7) is 0.822. The molecule has 0 amide bonds. The first-order valence-electron chi connectivity index (χ1n) is 9.20. The lowest BCUT2D eigenvalue weighted by Gasteiger charge is -2.27. The van der Waals surface area contributed by atoms with Crippen LogP contribution in [0.4, 0.5) is 0 Å². The zero-order valence-electron chi connectivity index (χ0n) is 15.9. The summed E-state index contributed by atoms with van der Waals surface area (Å²) in [5.74, 6) is 0. The van der Waals surface area contributed by atoms with Crippen molar-refractivity contribution in [3.8, 4) is 0 Å². The van der Waals surface area contributed by atoms with Gasteiger partial charge in [-0.2, -0.15) is 0 Å². The molecule has 5 atom stereocenters. The van der Waals surface area contributed by atoms with Crippen LogP contribution in [0.2, 0.25) is 10.0 Å². The van der Waals surface area contributed by atoms with Gasteiger partial charge in [-0.05, 0) is 35.4 Å². The molecule has 0 aromatic heterocycles. The van der Waals surface area contributed by atoms with Crippen molar-refractivity contribution in [3.05, 3.63) is 69.7 Å². The van der Waals surface area contributed by atoms with Gasteiger partial charge in [0.2, 0.25) is 0 Å². The number of rotatable bonds is 9. The third-order valence-corrected chi connectivity index (χ3v) is 5.23. The Bertz CT molecular complexity index is 755. The van der Waals surface area contributed by atoms with Gasteiger partial charge in [0.1, 0.15) is 24.4 Å². The Morgan fingerprint density at radius 2 is 1.48 bits per heavy atom. The Morgan fingerprint density at radius 3 is 2.03 bits per heavy atom. The molecule has 1 aliphatic heterocycles.